The van der Waals surface area contributed by atoms with E-state index >= 15 is 0 Å². The summed E-state index contributed by atoms with van der Waals surface area (Å²) in [4.78, 5) is 21.0. The van der Waals surface area contributed by atoms with Crippen LogP contribution in [0.3, 0.4) is 0 Å². The average molecular weight is 414 g/mol. The molecule has 3 aromatic carbocycles. The third kappa shape index (κ3) is 4.64. The SMILES string of the molecule is CCCOc1ccc(-c2nc(Oc3ccc(C(=O)OC)cc3)c3ccccc3n2)cc1. The fourth-order valence-electron chi connectivity index (χ4n) is 3.06. The molecule has 156 valence electrons. The molecule has 4 aromatic rings. The van der Waals surface area contributed by atoms with Gasteiger partial charge in [-0.2, -0.15) is 4.98 Å². The molecule has 0 N–H and O–H groups in total. The number of hydrogen-bond donors (Lipinski definition) is 0. The average Bonchev–Trinajstić information content (AvgIpc) is 2.83. The minimum atomic E-state index is -0.396. The first kappa shape index (κ1) is 20.3. The van der Waals surface area contributed by atoms with Gasteiger partial charge in [-0.3, -0.25) is 0 Å². The highest BCUT2D eigenvalue weighted by atomic mass is 16.5. The maximum atomic E-state index is 11.6. The Balaban J connectivity index is 1.67. The Bertz CT molecular complexity index is 1190. The van der Waals surface area contributed by atoms with Crippen LogP contribution in [-0.4, -0.2) is 29.7 Å². The summed E-state index contributed by atoms with van der Waals surface area (Å²) in [7, 11) is 1.35. The lowest BCUT2D eigenvalue weighted by Crippen LogP contribution is -2.01. The van der Waals surface area contributed by atoms with Gasteiger partial charge < -0.3 is 14.2 Å². The van der Waals surface area contributed by atoms with Crippen LogP contribution >= 0.6 is 0 Å². The molecule has 0 fully saturated rings. The lowest BCUT2D eigenvalue weighted by atomic mass is 10.2. The number of carbonyl (C=O) groups excluding carboxylic acids is 1. The summed E-state index contributed by atoms with van der Waals surface area (Å²) >= 11 is 0. The zero-order chi connectivity index (χ0) is 21.6. The van der Waals surface area contributed by atoms with Crippen molar-refractivity contribution in [3.05, 3.63) is 78.4 Å². The van der Waals surface area contributed by atoms with Crippen LogP contribution in [0.2, 0.25) is 0 Å². The summed E-state index contributed by atoms with van der Waals surface area (Å²) in [6.07, 6.45) is 0.955. The maximum absolute atomic E-state index is 11.6. The van der Waals surface area contributed by atoms with Crippen LogP contribution in [-0.2, 0) is 4.74 Å². The van der Waals surface area contributed by atoms with E-state index < -0.39 is 5.97 Å². The van der Waals surface area contributed by atoms with Gasteiger partial charge in [-0.25, -0.2) is 9.78 Å². The van der Waals surface area contributed by atoms with Crippen LogP contribution in [0.1, 0.15) is 23.7 Å². The lowest BCUT2D eigenvalue weighted by Gasteiger charge is -2.11. The smallest absolute Gasteiger partial charge is 0.337 e. The third-order valence-electron chi connectivity index (χ3n) is 4.64. The molecule has 6 nitrogen and oxygen atoms in total. The van der Waals surface area contributed by atoms with Gasteiger partial charge in [-0.15, -0.1) is 0 Å². The molecule has 0 saturated heterocycles. The summed E-state index contributed by atoms with van der Waals surface area (Å²) < 4.78 is 16.5. The molecule has 6 heteroatoms. The zero-order valence-electron chi connectivity index (χ0n) is 17.4. The fourth-order valence-corrected chi connectivity index (χ4v) is 3.06. The summed E-state index contributed by atoms with van der Waals surface area (Å²) in [5.74, 6) is 1.98. The van der Waals surface area contributed by atoms with Gasteiger partial charge in [0.25, 0.3) is 0 Å². The molecule has 0 atom stereocenters. The molecule has 0 radical (unpaired) electrons. The second kappa shape index (κ2) is 9.26. The van der Waals surface area contributed by atoms with Crippen LogP contribution in [0.5, 0.6) is 17.4 Å². The van der Waals surface area contributed by atoms with Gasteiger partial charge in [-0.05, 0) is 67.1 Å². The van der Waals surface area contributed by atoms with Gasteiger partial charge >= 0.3 is 5.97 Å². The van der Waals surface area contributed by atoms with E-state index in [1.165, 1.54) is 7.11 Å². The number of aromatic nitrogens is 2. The van der Waals surface area contributed by atoms with E-state index in [4.69, 9.17) is 19.2 Å². The van der Waals surface area contributed by atoms with E-state index in [1.54, 1.807) is 24.3 Å². The highest BCUT2D eigenvalue weighted by Crippen LogP contribution is 2.30. The molecule has 0 aliphatic carbocycles. The van der Waals surface area contributed by atoms with Crippen molar-refractivity contribution in [3.63, 3.8) is 0 Å². The standard InChI is InChI=1S/C25H22N2O4/c1-3-16-30-19-12-8-17(9-13-19)23-26-22-7-5-4-6-21(22)24(27-23)31-20-14-10-18(11-15-20)25(28)29-2/h4-15H,3,16H2,1-2H3. The highest BCUT2D eigenvalue weighted by Gasteiger charge is 2.12. The molecule has 4 rings (SSSR count). The van der Waals surface area contributed by atoms with Gasteiger partial charge in [0.05, 0.1) is 30.2 Å². The molecule has 0 unspecified atom stereocenters. The van der Waals surface area contributed by atoms with E-state index in [2.05, 4.69) is 11.9 Å². The van der Waals surface area contributed by atoms with Crippen molar-refractivity contribution in [2.24, 2.45) is 0 Å². The molecular formula is C25H22N2O4. The lowest BCUT2D eigenvalue weighted by molar-refractivity contribution is 0.0600. The molecule has 0 spiro atoms. The number of nitrogens with zero attached hydrogens (tertiary/aromatic N) is 2. The number of ether oxygens (including phenoxy) is 3. The van der Waals surface area contributed by atoms with E-state index in [1.807, 2.05) is 48.5 Å². The number of carbonyl (C=O) groups is 1. The minimum absolute atomic E-state index is 0.396. The van der Waals surface area contributed by atoms with Gasteiger partial charge in [0.15, 0.2) is 5.82 Å². The van der Waals surface area contributed by atoms with Crippen LogP contribution in [0.25, 0.3) is 22.3 Å². The van der Waals surface area contributed by atoms with Crippen molar-refractivity contribution in [2.45, 2.75) is 13.3 Å². The van der Waals surface area contributed by atoms with E-state index in [-0.39, 0.29) is 0 Å². The van der Waals surface area contributed by atoms with Gasteiger partial charge in [-0.1, -0.05) is 19.1 Å². The second-order valence-corrected chi connectivity index (χ2v) is 6.86. The monoisotopic (exact) mass is 414 g/mol. The van der Waals surface area contributed by atoms with Gasteiger partial charge in [0, 0.05) is 5.56 Å². The summed E-state index contributed by atoms with van der Waals surface area (Å²) in [5.41, 5.74) is 2.09. The number of benzene rings is 3. The Morgan fingerprint density at radius 2 is 1.58 bits per heavy atom. The Hall–Kier alpha value is -3.93. The number of esters is 1. The quantitative estimate of drug-likeness (QED) is 0.363. The third-order valence-corrected chi connectivity index (χ3v) is 4.64. The predicted molar refractivity (Wildman–Crippen MR) is 119 cm³/mol. The van der Waals surface area contributed by atoms with Crippen molar-refractivity contribution >= 4 is 16.9 Å². The molecular weight excluding hydrogens is 392 g/mol. The maximum Gasteiger partial charge on any atom is 0.337 e. The normalized spacial score (nSPS) is 10.6. The van der Waals surface area contributed by atoms with Crippen molar-refractivity contribution in [2.75, 3.05) is 13.7 Å². The predicted octanol–water partition coefficient (Wildman–Crippen LogP) is 5.66. The Labute approximate surface area is 180 Å². The Morgan fingerprint density at radius 3 is 2.29 bits per heavy atom. The topological polar surface area (TPSA) is 70.5 Å². The van der Waals surface area contributed by atoms with Crippen molar-refractivity contribution in [1.82, 2.24) is 9.97 Å². The van der Waals surface area contributed by atoms with E-state index in [0.29, 0.717) is 29.6 Å². The van der Waals surface area contributed by atoms with Crippen LogP contribution in [0, 0.1) is 0 Å². The second-order valence-electron chi connectivity index (χ2n) is 6.86. The van der Waals surface area contributed by atoms with Crippen molar-refractivity contribution < 1.29 is 19.0 Å². The molecule has 0 saturated carbocycles. The first-order chi connectivity index (χ1) is 15.2. The molecule has 0 aliphatic rings. The number of methoxy groups -OCH3 is 1. The van der Waals surface area contributed by atoms with Crippen LogP contribution in [0.4, 0.5) is 0 Å². The summed E-state index contributed by atoms with van der Waals surface area (Å²) in [6, 6.07) is 22.1. The van der Waals surface area contributed by atoms with Gasteiger partial charge in [0.2, 0.25) is 5.88 Å². The number of hydrogen-bond acceptors (Lipinski definition) is 6. The van der Waals surface area contributed by atoms with Crippen LogP contribution in [0.15, 0.2) is 72.8 Å². The Morgan fingerprint density at radius 1 is 0.871 bits per heavy atom. The van der Waals surface area contributed by atoms with Gasteiger partial charge in [0.1, 0.15) is 11.5 Å². The molecule has 1 heterocycles. The molecule has 0 amide bonds. The molecule has 31 heavy (non-hydrogen) atoms. The first-order valence-electron chi connectivity index (χ1n) is 10.0. The first-order valence-corrected chi connectivity index (χ1v) is 10.0. The van der Waals surface area contributed by atoms with E-state index in [9.17, 15) is 4.79 Å². The minimum Gasteiger partial charge on any atom is -0.494 e. The zero-order valence-corrected chi connectivity index (χ0v) is 17.4. The highest BCUT2D eigenvalue weighted by molar-refractivity contribution is 5.89. The number of fused-ring (bicyclic) bond motifs is 1. The van der Waals surface area contributed by atoms with Crippen molar-refractivity contribution in [3.8, 4) is 28.8 Å². The summed E-state index contributed by atoms with van der Waals surface area (Å²) in [5, 5.41) is 0.797. The number of rotatable bonds is 7. The van der Waals surface area contributed by atoms with Crippen molar-refractivity contribution in [1.29, 1.82) is 0 Å². The van der Waals surface area contributed by atoms with Crippen LogP contribution < -0.4 is 9.47 Å². The molecule has 0 bridgehead atoms. The number of para-hydroxylation sites is 1. The largest absolute Gasteiger partial charge is 0.494 e. The fraction of sp³-hybridized carbons (Fsp3) is 0.160. The summed E-state index contributed by atoms with van der Waals surface area (Å²) in [6.45, 7) is 2.75. The van der Waals surface area contributed by atoms with E-state index in [0.717, 1.165) is 28.6 Å². The molecule has 0 aliphatic heterocycles. The Kier molecular flexibility index (Phi) is 6.08. The molecule has 1 aromatic heterocycles.